The molecular weight excluding hydrogens is 847 g/mol. The van der Waals surface area contributed by atoms with Crippen molar-refractivity contribution in [3.05, 3.63) is 287 Å². The van der Waals surface area contributed by atoms with Gasteiger partial charge in [-0.25, -0.2) is 0 Å². The highest BCUT2D eigenvalue weighted by Gasteiger charge is 2.09. The summed E-state index contributed by atoms with van der Waals surface area (Å²) in [5.41, 5.74) is 5.88. The zero-order valence-electron chi connectivity index (χ0n) is 34.3. The highest BCUT2D eigenvalue weighted by molar-refractivity contribution is 7.31. The highest BCUT2D eigenvalue weighted by atomic mass is 31.1. The lowest BCUT2D eigenvalue weighted by atomic mass is 10.0. The Labute approximate surface area is 373 Å². The Balaban J connectivity index is 0.000000214. The van der Waals surface area contributed by atoms with Crippen LogP contribution in [-0.4, -0.2) is 42.7 Å². The normalized spacial score (nSPS) is 9.59. The van der Waals surface area contributed by atoms with E-state index < -0.39 is 16.5 Å². The summed E-state index contributed by atoms with van der Waals surface area (Å²) in [7, 11) is -6.26. The van der Waals surface area contributed by atoms with E-state index in [0.29, 0.717) is 0 Å². The molecule has 8 rings (SSSR count). The van der Waals surface area contributed by atoms with Crippen LogP contribution in [0, 0.1) is 0 Å². The van der Waals surface area contributed by atoms with Crippen molar-refractivity contribution in [3.8, 4) is 0 Å². The molecule has 8 aromatic rings. The maximum Gasteiger partial charge on any atom is 0.314 e. The summed E-state index contributed by atoms with van der Waals surface area (Å²) in [4.78, 5) is 76.0. The number of benzene rings is 8. The maximum absolute atomic E-state index is 11.8. The number of hydrogen-bond donors (Lipinski definition) is 4. The van der Waals surface area contributed by atoms with Gasteiger partial charge in [0.15, 0.2) is 23.1 Å². The quantitative estimate of drug-likeness (QED) is 0.0846. The summed E-state index contributed by atoms with van der Waals surface area (Å²) in [6.07, 6.45) is 0. The van der Waals surface area contributed by atoms with Crippen LogP contribution in [0.15, 0.2) is 243 Å². The van der Waals surface area contributed by atoms with E-state index in [1.54, 1.807) is 0 Å². The minimum atomic E-state index is -3.13. The molecule has 0 aromatic heterocycles. The fourth-order valence-electron chi connectivity index (χ4n) is 5.38. The molecule has 0 atom stereocenters. The fourth-order valence-corrected chi connectivity index (χ4v) is 5.38. The summed E-state index contributed by atoms with van der Waals surface area (Å²) in [6.45, 7) is 0. The molecule has 0 saturated heterocycles. The van der Waals surface area contributed by atoms with E-state index in [4.69, 9.17) is 28.7 Å². The highest BCUT2D eigenvalue weighted by Crippen LogP contribution is 2.12. The van der Waals surface area contributed by atoms with E-state index in [2.05, 4.69) is 0 Å². The molecule has 4 N–H and O–H groups in total. The fraction of sp³-hybridized carbons (Fsp3) is 0. The van der Waals surface area contributed by atoms with Crippen LogP contribution in [0.3, 0.4) is 0 Å². The second-order valence-corrected chi connectivity index (χ2v) is 13.9. The molecule has 0 fully saturated rings. The first kappa shape index (κ1) is 51.1. The minimum Gasteiger partial charge on any atom is -0.326 e. The Morgan fingerprint density at radius 3 is 0.375 bits per heavy atom. The standard InChI is InChI=1S/4C13H10O.2H3O3P/c4*14-13(11-7-3-1-4-8-11)12-9-5-2-6-10-12;2*1-4(2)3/h4*1-10H;2*4H,(H2,1,2,3). The molecule has 0 bridgehead atoms. The van der Waals surface area contributed by atoms with E-state index >= 15 is 0 Å². The van der Waals surface area contributed by atoms with Crippen molar-refractivity contribution >= 4 is 39.6 Å². The van der Waals surface area contributed by atoms with Gasteiger partial charge in [-0.1, -0.05) is 243 Å². The molecule has 0 unspecified atom stereocenters. The summed E-state index contributed by atoms with van der Waals surface area (Å²) in [5.74, 6) is 0.301. The van der Waals surface area contributed by atoms with Gasteiger partial charge >= 0.3 is 16.5 Å². The monoisotopic (exact) mass is 892 g/mol. The van der Waals surface area contributed by atoms with Gasteiger partial charge in [0.05, 0.1) is 0 Å². The predicted molar refractivity (Wildman–Crippen MR) is 252 cm³/mol. The zero-order valence-corrected chi connectivity index (χ0v) is 36.3. The van der Waals surface area contributed by atoms with E-state index in [0.717, 1.165) is 44.5 Å². The Morgan fingerprint density at radius 1 is 0.219 bits per heavy atom. The van der Waals surface area contributed by atoms with Crippen molar-refractivity contribution in [1.82, 2.24) is 0 Å². The summed E-state index contributed by atoms with van der Waals surface area (Å²) in [5, 5.41) is 0. The van der Waals surface area contributed by atoms with Crippen LogP contribution in [0.5, 0.6) is 0 Å². The third-order valence-corrected chi connectivity index (χ3v) is 8.29. The maximum atomic E-state index is 11.8. The Kier molecular flexibility index (Phi) is 23.9. The van der Waals surface area contributed by atoms with Crippen LogP contribution < -0.4 is 0 Å². The smallest absolute Gasteiger partial charge is 0.314 e. The van der Waals surface area contributed by atoms with Crippen LogP contribution in [-0.2, 0) is 9.13 Å². The number of ketones is 4. The summed E-state index contributed by atoms with van der Waals surface area (Å²) < 4.78 is 17.5. The topological polar surface area (TPSA) is 183 Å². The largest absolute Gasteiger partial charge is 0.326 e. The van der Waals surface area contributed by atoms with Gasteiger partial charge in [0.1, 0.15) is 0 Å². The molecule has 12 heteroatoms. The van der Waals surface area contributed by atoms with Crippen LogP contribution in [0.2, 0.25) is 0 Å². The predicted octanol–water partition coefficient (Wildman–Crippen LogP) is 10.4. The molecule has 8 aromatic carbocycles. The lowest BCUT2D eigenvalue weighted by molar-refractivity contribution is 0.103. The van der Waals surface area contributed by atoms with E-state index in [1.165, 1.54) is 0 Å². The second kappa shape index (κ2) is 29.9. The van der Waals surface area contributed by atoms with Crippen LogP contribution in [0.1, 0.15) is 63.7 Å². The van der Waals surface area contributed by atoms with Gasteiger partial charge in [0.2, 0.25) is 0 Å². The Morgan fingerprint density at radius 2 is 0.297 bits per heavy atom. The SMILES string of the molecule is O=C(c1ccccc1)c1ccccc1.O=C(c1ccccc1)c1ccccc1.O=C(c1ccccc1)c1ccccc1.O=C(c1ccccc1)c1ccccc1.O=[PH](O)O.O=[PH](O)O. The Bertz CT molecular complexity index is 2070. The number of hydrogen-bond acceptors (Lipinski definition) is 6. The Hall–Kier alpha value is -7.26. The first-order valence-corrected chi connectivity index (χ1v) is 22.0. The molecule has 0 aliphatic carbocycles. The molecule has 0 aliphatic rings. The van der Waals surface area contributed by atoms with Gasteiger partial charge in [0.25, 0.3) is 0 Å². The average Bonchev–Trinajstić information content (AvgIpc) is 3.35. The van der Waals surface area contributed by atoms with Gasteiger partial charge in [-0.15, -0.1) is 0 Å². The van der Waals surface area contributed by atoms with Gasteiger partial charge in [-0.2, -0.15) is 0 Å². The van der Waals surface area contributed by atoms with Gasteiger partial charge < -0.3 is 19.6 Å². The summed E-state index contributed by atoms with van der Waals surface area (Å²) >= 11 is 0. The first-order valence-electron chi connectivity index (χ1n) is 19.4. The molecular formula is C52H46O10P2. The van der Waals surface area contributed by atoms with Crippen LogP contribution in [0.4, 0.5) is 0 Å². The minimum absolute atomic E-state index is 0.0752. The lowest BCUT2D eigenvalue weighted by Crippen LogP contribution is -1.99. The van der Waals surface area contributed by atoms with E-state index in [-0.39, 0.29) is 23.1 Å². The molecule has 0 saturated carbocycles. The molecule has 0 radical (unpaired) electrons. The van der Waals surface area contributed by atoms with Gasteiger partial charge in [-0.3, -0.25) is 28.3 Å². The molecule has 64 heavy (non-hydrogen) atoms. The zero-order chi connectivity index (χ0) is 46.4. The van der Waals surface area contributed by atoms with E-state index in [1.807, 2.05) is 243 Å². The van der Waals surface area contributed by atoms with Crippen molar-refractivity contribution in [2.24, 2.45) is 0 Å². The lowest BCUT2D eigenvalue weighted by Gasteiger charge is -1.99. The van der Waals surface area contributed by atoms with Crippen LogP contribution in [0.25, 0.3) is 0 Å². The third-order valence-electron chi connectivity index (χ3n) is 8.29. The van der Waals surface area contributed by atoms with Crippen molar-refractivity contribution in [2.75, 3.05) is 0 Å². The molecule has 0 spiro atoms. The van der Waals surface area contributed by atoms with Gasteiger partial charge in [-0.05, 0) is 0 Å². The van der Waals surface area contributed by atoms with Crippen molar-refractivity contribution in [2.45, 2.75) is 0 Å². The van der Waals surface area contributed by atoms with Crippen molar-refractivity contribution in [3.63, 3.8) is 0 Å². The molecule has 324 valence electrons. The number of rotatable bonds is 8. The third kappa shape index (κ3) is 20.1. The van der Waals surface area contributed by atoms with E-state index in [9.17, 15) is 19.2 Å². The van der Waals surface area contributed by atoms with Crippen molar-refractivity contribution < 1.29 is 47.9 Å². The van der Waals surface area contributed by atoms with Gasteiger partial charge in [0, 0.05) is 44.5 Å². The molecule has 0 aliphatic heterocycles. The number of carbonyl (C=O) groups is 4. The first-order chi connectivity index (χ1) is 31.0. The molecule has 10 nitrogen and oxygen atoms in total. The number of carbonyl (C=O) groups excluding carboxylic acids is 4. The second-order valence-electron chi connectivity index (χ2n) is 12.8. The summed E-state index contributed by atoms with van der Waals surface area (Å²) in [6, 6.07) is 74.4. The molecule has 0 amide bonds. The average molecular weight is 893 g/mol. The van der Waals surface area contributed by atoms with Crippen molar-refractivity contribution in [1.29, 1.82) is 0 Å². The molecule has 0 heterocycles. The van der Waals surface area contributed by atoms with Crippen LogP contribution >= 0.6 is 16.5 Å².